The predicted molar refractivity (Wildman–Crippen MR) is 50.0 cm³/mol. The Bertz CT molecular complexity index is 440. The van der Waals surface area contributed by atoms with Gasteiger partial charge in [0.15, 0.2) is 11.2 Å². The third kappa shape index (κ3) is 1.55. The Hall–Kier alpha value is -1.36. The Balaban J connectivity index is 2.33. The van der Waals surface area contributed by atoms with Gasteiger partial charge in [0, 0.05) is 11.9 Å². The van der Waals surface area contributed by atoms with Crippen LogP contribution in [0, 0.1) is 11.7 Å². The lowest BCUT2D eigenvalue weighted by molar-refractivity contribution is 0.555. The summed E-state index contributed by atoms with van der Waals surface area (Å²) in [6, 6.07) is 0. The lowest BCUT2D eigenvalue weighted by Gasteiger charge is -2.00. The number of aryl methyl sites for hydroxylation is 1. The summed E-state index contributed by atoms with van der Waals surface area (Å²) in [6.45, 7) is 2.65. The minimum absolute atomic E-state index is 0.657. The zero-order chi connectivity index (χ0) is 9.26. The van der Waals surface area contributed by atoms with Gasteiger partial charge in [-0.05, 0) is 19.1 Å². The summed E-state index contributed by atoms with van der Waals surface area (Å²) in [5.74, 6) is 0. The number of imidazole rings is 1. The standard InChI is InChI=1S/C8H9N3OS/c1-6-2-9-8(13)11(6)3-7-4-12-5-10-7/h2,4-5H,3H2,1H3,(H,9,13). The molecule has 0 saturated heterocycles. The number of H-pyrrole nitrogens is 1. The number of hydrogen-bond donors (Lipinski definition) is 1. The third-order valence-corrected chi connectivity index (χ3v) is 2.22. The zero-order valence-corrected chi connectivity index (χ0v) is 7.97. The fourth-order valence-corrected chi connectivity index (χ4v) is 1.42. The molecular weight excluding hydrogens is 186 g/mol. The molecule has 1 N–H and O–H groups in total. The van der Waals surface area contributed by atoms with Crippen LogP contribution in [0.1, 0.15) is 11.4 Å². The Morgan fingerprint density at radius 1 is 1.69 bits per heavy atom. The minimum atomic E-state index is 0.657. The van der Waals surface area contributed by atoms with Crippen LogP contribution >= 0.6 is 12.2 Å². The second-order valence-corrected chi connectivity index (χ2v) is 3.19. The van der Waals surface area contributed by atoms with Crippen molar-refractivity contribution in [3.63, 3.8) is 0 Å². The van der Waals surface area contributed by atoms with Gasteiger partial charge in [0.25, 0.3) is 0 Å². The summed E-state index contributed by atoms with van der Waals surface area (Å²) in [5.41, 5.74) is 1.96. The van der Waals surface area contributed by atoms with Crippen LogP contribution in [0.5, 0.6) is 0 Å². The molecule has 13 heavy (non-hydrogen) atoms. The molecular formula is C8H9N3OS. The van der Waals surface area contributed by atoms with Gasteiger partial charge in [-0.1, -0.05) is 0 Å². The van der Waals surface area contributed by atoms with Gasteiger partial charge in [-0.3, -0.25) is 0 Å². The number of hydrogen-bond acceptors (Lipinski definition) is 3. The molecule has 2 aromatic rings. The first-order valence-corrected chi connectivity index (χ1v) is 4.30. The predicted octanol–water partition coefficient (Wildman–Crippen LogP) is 1.89. The molecule has 0 aliphatic heterocycles. The largest absolute Gasteiger partial charge is 0.451 e. The fourth-order valence-electron chi connectivity index (χ4n) is 1.16. The van der Waals surface area contributed by atoms with Crippen LogP contribution in [0.4, 0.5) is 0 Å². The van der Waals surface area contributed by atoms with Crippen LogP contribution in [0.15, 0.2) is 23.3 Å². The van der Waals surface area contributed by atoms with E-state index in [0.29, 0.717) is 11.3 Å². The van der Waals surface area contributed by atoms with Gasteiger partial charge in [-0.25, -0.2) is 4.98 Å². The molecule has 0 saturated carbocycles. The number of aromatic nitrogens is 3. The Kier molecular flexibility index (Phi) is 2.02. The van der Waals surface area contributed by atoms with Crippen molar-refractivity contribution in [1.29, 1.82) is 0 Å². The van der Waals surface area contributed by atoms with Crippen molar-refractivity contribution in [3.8, 4) is 0 Å². The molecule has 68 valence electrons. The fraction of sp³-hybridized carbons (Fsp3) is 0.250. The highest BCUT2D eigenvalue weighted by atomic mass is 32.1. The Labute approximate surface area is 80.2 Å². The molecule has 2 heterocycles. The molecule has 4 nitrogen and oxygen atoms in total. The van der Waals surface area contributed by atoms with Crippen molar-refractivity contribution < 1.29 is 4.42 Å². The van der Waals surface area contributed by atoms with E-state index in [0.717, 1.165) is 11.4 Å². The van der Waals surface area contributed by atoms with E-state index >= 15 is 0 Å². The Morgan fingerprint density at radius 2 is 2.54 bits per heavy atom. The number of aromatic amines is 1. The topological polar surface area (TPSA) is 46.8 Å². The summed E-state index contributed by atoms with van der Waals surface area (Å²) >= 11 is 5.09. The van der Waals surface area contributed by atoms with Crippen molar-refractivity contribution in [1.82, 2.24) is 14.5 Å². The number of oxazole rings is 1. The first kappa shape index (κ1) is 8.25. The smallest absolute Gasteiger partial charge is 0.180 e. The van der Waals surface area contributed by atoms with Gasteiger partial charge in [0.05, 0.1) is 12.2 Å². The summed E-state index contributed by atoms with van der Waals surface area (Å²) in [6.07, 6.45) is 4.91. The van der Waals surface area contributed by atoms with E-state index in [9.17, 15) is 0 Å². The summed E-state index contributed by atoms with van der Waals surface area (Å²) in [7, 11) is 0. The van der Waals surface area contributed by atoms with E-state index < -0.39 is 0 Å². The van der Waals surface area contributed by atoms with Crippen LogP contribution < -0.4 is 0 Å². The zero-order valence-electron chi connectivity index (χ0n) is 7.15. The van der Waals surface area contributed by atoms with E-state index in [-0.39, 0.29) is 0 Å². The van der Waals surface area contributed by atoms with E-state index in [4.69, 9.17) is 16.6 Å². The monoisotopic (exact) mass is 195 g/mol. The lowest BCUT2D eigenvalue weighted by atomic mass is 10.4. The van der Waals surface area contributed by atoms with Gasteiger partial charge >= 0.3 is 0 Å². The molecule has 2 aromatic heterocycles. The molecule has 0 aliphatic carbocycles. The van der Waals surface area contributed by atoms with Crippen LogP contribution in [-0.4, -0.2) is 14.5 Å². The molecule has 5 heteroatoms. The lowest BCUT2D eigenvalue weighted by Crippen LogP contribution is -2.01. The average molecular weight is 195 g/mol. The number of nitrogens with one attached hydrogen (secondary N) is 1. The molecule has 2 rings (SSSR count). The van der Waals surface area contributed by atoms with Crippen LogP contribution in [-0.2, 0) is 6.54 Å². The normalized spacial score (nSPS) is 10.5. The van der Waals surface area contributed by atoms with Gasteiger partial charge in [-0.2, -0.15) is 0 Å². The van der Waals surface area contributed by atoms with E-state index in [1.807, 2.05) is 17.7 Å². The van der Waals surface area contributed by atoms with Crippen LogP contribution in [0.3, 0.4) is 0 Å². The molecule has 0 spiro atoms. The maximum absolute atomic E-state index is 5.09. The van der Waals surface area contributed by atoms with E-state index in [1.165, 1.54) is 6.39 Å². The summed E-state index contributed by atoms with van der Waals surface area (Å²) in [4.78, 5) is 6.99. The Morgan fingerprint density at radius 3 is 3.08 bits per heavy atom. The van der Waals surface area contributed by atoms with Crippen molar-refractivity contribution in [2.75, 3.05) is 0 Å². The van der Waals surface area contributed by atoms with Crippen molar-refractivity contribution >= 4 is 12.2 Å². The average Bonchev–Trinajstić information content (AvgIpc) is 2.70. The number of nitrogens with zero attached hydrogens (tertiary/aromatic N) is 2. The van der Waals surface area contributed by atoms with Gasteiger partial charge in [0.1, 0.15) is 6.26 Å². The third-order valence-electron chi connectivity index (χ3n) is 1.88. The second kappa shape index (κ2) is 3.18. The van der Waals surface area contributed by atoms with Crippen molar-refractivity contribution in [2.24, 2.45) is 0 Å². The molecule has 0 unspecified atom stereocenters. The molecule has 0 aliphatic rings. The highest BCUT2D eigenvalue weighted by molar-refractivity contribution is 7.71. The molecule has 0 amide bonds. The highest BCUT2D eigenvalue weighted by Gasteiger charge is 2.01. The van der Waals surface area contributed by atoms with Gasteiger partial charge in [-0.15, -0.1) is 0 Å². The first-order valence-electron chi connectivity index (χ1n) is 3.89. The van der Waals surface area contributed by atoms with Crippen molar-refractivity contribution in [2.45, 2.75) is 13.5 Å². The molecule has 0 bridgehead atoms. The molecule has 0 radical (unpaired) electrons. The van der Waals surface area contributed by atoms with Crippen molar-refractivity contribution in [3.05, 3.63) is 35.0 Å². The maximum atomic E-state index is 5.09. The summed E-state index contributed by atoms with van der Waals surface area (Å²) in [5, 5.41) is 0. The first-order chi connectivity index (χ1) is 6.27. The van der Waals surface area contributed by atoms with E-state index in [2.05, 4.69) is 9.97 Å². The van der Waals surface area contributed by atoms with Gasteiger partial charge < -0.3 is 14.0 Å². The highest BCUT2D eigenvalue weighted by Crippen LogP contribution is 2.04. The second-order valence-electron chi connectivity index (χ2n) is 2.80. The molecule has 0 aromatic carbocycles. The van der Waals surface area contributed by atoms with E-state index in [1.54, 1.807) is 6.26 Å². The number of rotatable bonds is 2. The SMILES string of the molecule is Cc1c[nH]c(=S)n1Cc1cocn1. The minimum Gasteiger partial charge on any atom is -0.451 e. The maximum Gasteiger partial charge on any atom is 0.180 e. The van der Waals surface area contributed by atoms with Crippen LogP contribution in [0.2, 0.25) is 0 Å². The van der Waals surface area contributed by atoms with Crippen LogP contribution in [0.25, 0.3) is 0 Å². The molecule has 0 atom stereocenters. The molecule has 0 fully saturated rings. The van der Waals surface area contributed by atoms with Gasteiger partial charge in [0.2, 0.25) is 0 Å². The summed E-state index contributed by atoms with van der Waals surface area (Å²) < 4.78 is 7.55. The quantitative estimate of drug-likeness (QED) is 0.744.